The molecule has 1 aromatic rings. The fraction of sp³-hybridized carbons (Fsp3) is 0.429. The van der Waals surface area contributed by atoms with Crippen LogP contribution in [0, 0.1) is 11.3 Å². The maximum atomic E-state index is 11.4. The molecule has 0 aromatic heterocycles. The van der Waals surface area contributed by atoms with E-state index in [1.807, 2.05) is 17.0 Å². The zero-order valence-corrected chi connectivity index (χ0v) is 11.7. The van der Waals surface area contributed by atoms with Gasteiger partial charge in [0, 0.05) is 38.8 Å². The Hall–Kier alpha value is -1.73. The number of rotatable bonds is 1. The van der Waals surface area contributed by atoms with Crippen LogP contribution in [0.1, 0.15) is 18.9 Å². The van der Waals surface area contributed by atoms with Crippen LogP contribution in [0.25, 0.3) is 0 Å². The van der Waals surface area contributed by atoms with E-state index < -0.39 is 0 Å². The topological polar surface area (TPSA) is 47.3 Å². The molecule has 5 heteroatoms. The van der Waals surface area contributed by atoms with E-state index in [4.69, 9.17) is 16.9 Å². The maximum Gasteiger partial charge on any atom is 0.219 e. The molecule has 19 heavy (non-hydrogen) atoms. The standard InChI is InChI=1S/C14H16ClN3O/c1-11(19)17-5-2-6-18(8-7-17)13-4-3-12(10-16)14(15)9-13/h3-4,9H,2,5-8H2,1H3. The van der Waals surface area contributed by atoms with Crippen LogP contribution in [0.4, 0.5) is 5.69 Å². The van der Waals surface area contributed by atoms with Crippen molar-refractivity contribution in [2.24, 2.45) is 0 Å². The van der Waals surface area contributed by atoms with Gasteiger partial charge < -0.3 is 9.80 Å². The predicted molar refractivity (Wildman–Crippen MR) is 75.3 cm³/mol. The number of halogens is 1. The van der Waals surface area contributed by atoms with Gasteiger partial charge >= 0.3 is 0 Å². The molecule has 0 radical (unpaired) electrons. The predicted octanol–water partition coefficient (Wildman–Crippen LogP) is 2.27. The summed E-state index contributed by atoms with van der Waals surface area (Å²) in [5.41, 5.74) is 1.50. The molecule has 1 saturated heterocycles. The average molecular weight is 278 g/mol. The lowest BCUT2D eigenvalue weighted by Crippen LogP contribution is -2.33. The molecule has 0 bridgehead atoms. The van der Waals surface area contributed by atoms with Crippen LogP contribution in [0.5, 0.6) is 0 Å². The van der Waals surface area contributed by atoms with Crippen molar-refractivity contribution in [3.05, 3.63) is 28.8 Å². The van der Waals surface area contributed by atoms with E-state index in [9.17, 15) is 4.79 Å². The van der Waals surface area contributed by atoms with Gasteiger partial charge in [-0.05, 0) is 24.6 Å². The monoisotopic (exact) mass is 277 g/mol. The largest absolute Gasteiger partial charge is 0.370 e. The molecule has 1 fully saturated rings. The molecule has 0 unspecified atom stereocenters. The van der Waals surface area contributed by atoms with Crippen molar-refractivity contribution in [2.45, 2.75) is 13.3 Å². The first-order valence-electron chi connectivity index (χ1n) is 6.32. The number of hydrogen-bond donors (Lipinski definition) is 0. The third-order valence-corrected chi connectivity index (χ3v) is 3.69. The lowest BCUT2D eigenvalue weighted by molar-refractivity contribution is -0.128. The Morgan fingerprint density at radius 2 is 2.11 bits per heavy atom. The molecular formula is C14H16ClN3O. The van der Waals surface area contributed by atoms with E-state index in [1.54, 1.807) is 13.0 Å². The van der Waals surface area contributed by atoms with Gasteiger partial charge in [-0.2, -0.15) is 5.26 Å². The zero-order valence-electron chi connectivity index (χ0n) is 10.9. The molecule has 1 aliphatic rings. The molecule has 1 heterocycles. The first-order chi connectivity index (χ1) is 9.11. The van der Waals surface area contributed by atoms with Gasteiger partial charge in [-0.1, -0.05) is 11.6 Å². The van der Waals surface area contributed by atoms with Gasteiger partial charge in [-0.15, -0.1) is 0 Å². The van der Waals surface area contributed by atoms with Crippen molar-refractivity contribution >= 4 is 23.2 Å². The SMILES string of the molecule is CC(=O)N1CCCN(c2ccc(C#N)c(Cl)c2)CC1. The summed E-state index contributed by atoms with van der Waals surface area (Å²) in [6.45, 7) is 4.82. The number of anilines is 1. The molecule has 0 atom stereocenters. The summed E-state index contributed by atoms with van der Waals surface area (Å²) in [5.74, 6) is 0.125. The lowest BCUT2D eigenvalue weighted by atomic mass is 10.2. The second kappa shape index (κ2) is 5.94. The molecule has 1 amide bonds. The van der Waals surface area contributed by atoms with Gasteiger partial charge in [0.2, 0.25) is 5.91 Å². The van der Waals surface area contributed by atoms with Gasteiger partial charge in [0.15, 0.2) is 0 Å². The quantitative estimate of drug-likeness (QED) is 0.791. The Labute approximate surface area is 118 Å². The van der Waals surface area contributed by atoms with Gasteiger partial charge in [0.05, 0.1) is 10.6 Å². The number of carbonyl (C=O) groups excluding carboxylic acids is 1. The molecule has 1 aliphatic heterocycles. The van der Waals surface area contributed by atoms with Crippen molar-refractivity contribution in [2.75, 3.05) is 31.1 Å². The fourth-order valence-corrected chi connectivity index (χ4v) is 2.50. The molecule has 0 aliphatic carbocycles. The highest BCUT2D eigenvalue weighted by molar-refractivity contribution is 6.32. The summed E-state index contributed by atoms with van der Waals surface area (Å²) in [6.07, 6.45) is 0.942. The van der Waals surface area contributed by atoms with E-state index >= 15 is 0 Å². The Morgan fingerprint density at radius 1 is 1.32 bits per heavy atom. The number of benzene rings is 1. The van der Waals surface area contributed by atoms with Crippen molar-refractivity contribution in [1.82, 2.24) is 4.90 Å². The van der Waals surface area contributed by atoms with Crippen LogP contribution in [-0.2, 0) is 4.79 Å². The Morgan fingerprint density at radius 3 is 2.74 bits per heavy atom. The Balaban J connectivity index is 2.12. The van der Waals surface area contributed by atoms with Crippen molar-refractivity contribution in [3.63, 3.8) is 0 Å². The Kier molecular flexibility index (Phi) is 4.28. The van der Waals surface area contributed by atoms with E-state index in [0.717, 1.165) is 38.3 Å². The van der Waals surface area contributed by atoms with Crippen LogP contribution in [0.15, 0.2) is 18.2 Å². The van der Waals surface area contributed by atoms with Gasteiger partial charge in [0.25, 0.3) is 0 Å². The maximum absolute atomic E-state index is 11.4. The van der Waals surface area contributed by atoms with Crippen molar-refractivity contribution in [1.29, 1.82) is 5.26 Å². The third-order valence-electron chi connectivity index (χ3n) is 3.38. The van der Waals surface area contributed by atoms with Crippen LogP contribution < -0.4 is 4.90 Å². The van der Waals surface area contributed by atoms with E-state index in [2.05, 4.69) is 11.0 Å². The summed E-state index contributed by atoms with van der Waals surface area (Å²) >= 11 is 6.05. The smallest absolute Gasteiger partial charge is 0.219 e. The minimum atomic E-state index is 0.125. The number of amides is 1. The van der Waals surface area contributed by atoms with Crippen LogP contribution in [-0.4, -0.2) is 37.0 Å². The highest BCUT2D eigenvalue weighted by atomic mass is 35.5. The number of carbonyl (C=O) groups is 1. The number of hydrogen-bond acceptors (Lipinski definition) is 3. The Bertz CT molecular complexity index is 524. The fourth-order valence-electron chi connectivity index (χ4n) is 2.28. The van der Waals surface area contributed by atoms with Crippen molar-refractivity contribution in [3.8, 4) is 6.07 Å². The van der Waals surface area contributed by atoms with Gasteiger partial charge in [0.1, 0.15) is 6.07 Å². The minimum absolute atomic E-state index is 0.125. The van der Waals surface area contributed by atoms with E-state index in [-0.39, 0.29) is 5.91 Å². The summed E-state index contributed by atoms with van der Waals surface area (Å²) in [5, 5.41) is 9.35. The van der Waals surface area contributed by atoms with Crippen molar-refractivity contribution < 1.29 is 4.79 Å². The first-order valence-corrected chi connectivity index (χ1v) is 6.69. The lowest BCUT2D eigenvalue weighted by Gasteiger charge is -2.23. The van der Waals surface area contributed by atoms with Gasteiger partial charge in [-0.3, -0.25) is 4.79 Å². The number of nitrogens with zero attached hydrogens (tertiary/aromatic N) is 3. The zero-order chi connectivity index (χ0) is 13.8. The summed E-state index contributed by atoms with van der Waals surface area (Å²) < 4.78 is 0. The highest BCUT2D eigenvalue weighted by Crippen LogP contribution is 2.24. The second-order valence-corrected chi connectivity index (χ2v) is 5.03. The van der Waals surface area contributed by atoms with Crippen LogP contribution >= 0.6 is 11.6 Å². The molecule has 0 spiro atoms. The molecule has 1 aromatic carbocycles. The van der Waals surface area contributed by atoms with E-state index in [1.165, 1.54) is 0 Å². The highest BCUT2D eigenvalue weighted by Gasteiger charge is 2.17. The summed E-state index contributed by atoms with van der Waals surface area (Å²) in [6, 6.07) is 7.53. The van der Waals surface area contributed by atoms with Gasteiger partial charge in [-0.25, -0.2) is 0 Å². The molecule has 0 N–H and O–H groups in total. The molecule has 4 nitrogen and oxygen atoms in total. The molecule has 0 saturated carbocycles. The number of nitriles is 1. The minimum Gasteiger partial charge on any atom is -0.370 e. The third kappa shape index (κ3) is 3.18. The normalized spacial score (nSPS) is 15.8. The van der Waals surface area contributed by atoms with Crippen LogP contribution in [0.3, 0.4) is 0 Å². The second-order valence-electron chi connectivity index (χ2n) is 4.62. The summed E-state index contributed by atoms with van der Waals surface area (Å²) in [4.78, 5) is 15.5. The molecular weight excluding hydrogens is 262 g/mol. The first kappa shape index (κ1) is 13.7. The average Bonchev–Trinajstić information content (AvgIpc) is 2.64. The van der Waals surface area contributed by atoms with Crippen LogP contribution in [0.2, 0.25) is 5.02 Å². The van der Waals surface area contributed by atoms with E-state index in [0.29, 0.717) is 10.6 Å². The summed E-state index contributed by atoms with van der Waals surface area (Å²) in [7, 11) is 0. The molecule has 2 rings (SSSR count). The molecule has 100 valence electrons.